The van der Waals surface area contributed by atoms with Gasteiger partial charge in [-0.25, -0.2) is 4.68 Å². The van der Waals surface area contributed by atoms with Crippen LogP contribution in [0.2, 0.25) is 0 Å². The Labute approximate surface area is 105 Å². The molecule has 0 N–H and O–H groups in total. The summed E-state index contributed by atoms with van der Waals surface area (Å²) in [4.78, 5) is 0. The summed E-state index contributed by atoms with van der Waals surface area (Å²) in [6.45, 7) is 1.14. The van der Waals surface area contributed by atoms with E-state index in [1.165, 1.54) is 0 Å². The Morgan fingerprint density at radius 3 is 3.11 bits per heavy atom. The standard InChI is InChI=1S/C12H13N5O/c1-18-6-5-12-14-15-16-17(12)9-11-4-2-3-10(7-11)8-13/h2-4,7H,5-6,9H2,1H3. The molecule has 1 aromatic carbocycles. The second kappa shape index (κ2) is 5.89. The van der Waals surface area contributed by atoms with Crippen LogP contribution in [0.25, 0.3) is 0 Å². The lowest BCUT2D eigenvalue weighted by molar-refractivity contribution is 0.199. The highest BCUT2D eigenvalue weighted by Gasteiger charge is 2.06. The van der Waals surface area contributed by atoms with Crippen LogP contribution in [0.15, 0.2) is 24.3 Å². The minimum Gasteiger partial charge on any atom is -0.384 e. The maximum Gasteiger partial charge on any atom is 0.153 e. The molecule has 0 fully saturated rings. The van der Waals surface area contributed by atoms with Crippen molar-refractivity contribution in [2.24, 2.45) is 0 Å². The zero-order valence-corrected chi connectivity index (χ0v) is 10.1. The molecule has 0 aliphatic rings. The molecule has 6 heteroatoms. The van der Waals surface area contributed by atoms with E-state index in [0.29, 0.717) is 25.1 Å². The van der Waals surface area contributed by atoms with E-state index < -0.39 is 0 Å². The number of tetrazole rings is 1. The molecule has 0 radical (unpaired) electrons. The Morgan fingerprint density at radius 2 is 2.33 bits per heavy atom. The summed E-state index contributed by atoms with van der Waals surface area (Å²) in [5, 5.41) is 20.4. The highest BCUT2D eigenvalue weighted by molar-refractivity contribution is 5.32. The van der Waals surface area contributed by atoms with Gasteiger partial charge in [0.05, 0.1) is 24.8 Å². The summed E-state index contributed by atoms with van der Waals surface area (Å²) in [7, 11) is 1.64. The quantitative estimate of drug-likeness (QED) is 0.775. The Balaban J connectivity index is 2.13. The molecular formula is C12H13N5O. The minimum atomic E-state index is 0.557. The zero-order chi connectivity index (χ0) is 12.8. The third-order valence-corrected chi connectivity index (χ3v) is 2.52. The van der Waals surface area contributed by atoms with Gasteiger partial charge in [0.25, 0.3) is 0 Å². The predicted molar refractivity (Wildman–Crippen MR) is 63.7 cm³/mol. The molecule has 2 rings (SSSR count). The molecule has 0 unspecified atom stereocenters. The van der Waals surface area contributed by atoms with E-state index in [-0.39, 0.29) is 0 Å². The molecule has 0 bridgehead atoms. The van der Waals surface area contributed by atoms with Crippen molar-refractivity contribution in [1.29, 1.82) is 5.26 Å². The number of benzene rings is 1. The molecular weight excluding hydrogens is 230 g/mol. The maximum atomic E-state index is 8.85. The second-order valence-corrected chi connectivity index (χ2v) is 3.81. The number of methoxy groups -OCH3 is 1. The fraction of sp³-hybridized carbons (Fsp3) is 0.333. The SMILES string of the molecule is COCCc1nnnn1Cc1cccc(C#N)c1. The Hall–Kier alpha value is -2.26. The first-order valence-electron chi connectivity index (χ1n) is 5.56. The molecule has 18 heavy (non-hydrogen) atoms. The van der Waals surface area contributed by atoms with Gasteiger partial charge in [0.15, 0.2) is 5.82 Å². The molecule has 0 atom stereocenters. The Kier molecular flexibility index (Phi) is 3.99. The number of rotatable bonds is 5. The summed E-state index contributed by atoms with van der Waals surface area (Å²) < 4.78 is 6.72. The second-order valence-electron chi connectivity index (χ2n) is 3.81. The van der Waals surface area contributed by atoms with Crippen molar-refractivity contribution in [2.75, 3.05) is 13.7 Å². The van der Waals surface area contributed by atoms with Crippen LogP contribution in [0.1, 0.15) is 17.0 Å². The van der Waals surface area contributed by atoms with Gasteiger partial charge in [0.2, 0.25) is 0 Å². The fourth-order valence-corrected chi connectivity index (χ4v) is 1.63. The molecule has 0 aliphatic heterocycles. The highest BCUT2D eigenvalue weighted by atomic mass is 16.5. The molecule has 0 spiro atoms. The van der Waals surface area contributed by atoms with Gasteiger partial charge in [-0.05, 0) is 28.1 Å². The van der Waals surface area contributed by atoms with E-state index in [1.807, 2.05) is 18.2 Å². The summed E-state index contributed by atoms with van der Waals surface area (Å²) in [5.74, 6) is 0.777. The van der Waals surface area contributed by atoms with Gasteiger partial charge in [0.1, 0.15) is 0 Å². The van der Waals surface area contributed by atoms with Crippen molar-refractivity contribution in [3.05, 3.63) is 41.2 Å². The maximum absolute atomic E-state index is 8.85. The minimum absolute atomic E-state index is 0.557. The summed E-state index contributed by atoms with van der Waals surface area (Å²) in [6.07, 6.45) is 0.668. The number of ether oxygens (including phenoxy) is 1. The van der Waals surface area contributed by atoms with Crippen LogP contribution < -0.4 is 0 Å². The average Bonchev–Trinajstić information content (AvgIpc) is 2.84. The third-order valence-electron chi connectivity index (χ3n) is 2.52. The van der Waals surface area contributed by atoms with Gasteiger partial charge in [-0.1, -0.05) is 12.1 Å². The van der Waals surface area contributed by atoms with Gasteiger partial charge in [-0.3, -0.25) is 0 Å². The summed E-state index contributed by atoms with van der Waals surface area (Å²) in [5.41, 5.74) is 1.64. The van der Waals surface area contributed by atoms with Gasteiger partial charge in [-0.15, -0.1) is 5.10 Å². The van der Waals surface area contributed by atoms with Crippen molar-refractivity contribution in [3.8, 4) is 6.07 Å². The number of nitriles is 1. The zero-order valence-electron chi connectivity index (χ0n) is 10.1. The predicted octanol–water partition coefficient (Wildman–Crippen LogP) is 0.782. The van der Waals surface area contributed by atoms with E-state index in [2.05, 4.69) is 21.6 Å². The molecule has 0 saturated heterocycles. The van der Waals surface area contributed by atoms with E-state index in [9.17, 15) is 0 Å². The molecule has 6 nitrogen and oxygen atoms in total. The highest BCUT2D eigenvalue weighted by Crippen LogP contribution is 2.07. The monoisotopic (exact) mass is 243 g/mol. The van der Waals surface area contributed by atoms with Crippen molar-refractivity contribution < 1.29 is 4.74 Å². The van der Waals surface area contributed by atoms with Crippen LogP contribution in [-0.4, -0.2) is 33.9 Å². The van der Waals surface area contributed by atoms with Crippen LogP contribution in [0.4, 0.5) is 0 Å². The fourth-order valence-electron chi connectivity index (χ4n) is 1.63. The molecule has 1 heterocycles. The number of hydrogen-bond donors (Lipinski definition) is 0. The molecule has 1 aromatic heterocycles. The van der Waals surface area contributed by atoms with E-state index in [0.717, 1.165) is 11.4 Å². The molecule has 0 saturated carbocycles. The lowest BCUT2D eigenvalue weighted by atomic mass is 10.1. The number of hydrogen-bond acceptors (Lipinski definition) is 5. The lowest BCUT2D eigenvalue weighted by Gasteiger charge is -2.04. The van der Waals surface area contributed by atoms with Crippen LogP contribution in [0, 0.1) is 11.3 Å². The number of nitrogens with zero attached hydrogens (tertiary/aromatic N) is 5. The van der Waals surface area contributed by atoms with Gasteiger partial charge in [-0.2, -0.15) is 5.26 Å². The first-order chi connectivity index (χ1) is 8.83. The van der Waals surface area contributed by atoms with Crippen LogP contribution in [0.5, 0.6) is 0 Å². The van der Waals surface area contributed by atoms with Crippen LogP contribution >= 0.6 is 0 Å². The Bertz CT molecular complexity index is 558. The van der Waals surface area contributed by atoms with Crippen LogP contribution in [0.3, 0.4) is 0 Å². The van der Waals surface area contributed by atoms with Crippen molar-refractivity contribution in [3.63, 3.8) is 0 Å². The van der Waals surface area contributed by atoms with Gasteiger partial charge in [0, 0.05) is 13.5 Å². The lowest BCUT2D eigenvalue weighted by Crippen LogP contribution is -2.09. The van der Waals surface area contributed by atoms with E-state index >= 15 is 0 Å². The molecule has 0 amide bonds. The van der Waals surface area contributed by atoms with Crippen molar-refractivity contribution in [2.45, 2.75) is 13.0 Å². The molecule has 92 valence electrons. The average molecular weight is 243 g/mol. The van der Waals surface area contributed by atoms with E-state index in [1.54, 1.807) is 17.9 Å². The van der Waals surface area contributed by atoms with Crippen molar-refractivity contribution >= 4 is 0 Å². The molecule has 0 aliphatic carbocycles. The van der Waals surface area contributed by atoms with Crippen LogP contribution in [-0.2, 0) is 17.7 Å². The van der Waals surface area contributed by atoms with E-state index in [4.69, 9.17) is 10.00 Å². The van der Waals surface area contributed by atoms with Crippen molar-refractivity contribution in [1.82, 2.24) is 20.2 Å². The largest absolute Gasteiger partial charge is 0.384 e. The Morgan fingerprint density at radius 1 is 1.44 bits per heavy atom. The van der Waals surface area contributed by atoms with Gasteiger partial charge >= 0.3 is 0 Å². The summed E-state index contributed by atoms with van der Waals surface area (Å²) in [6, 6.07) is 9.52. The number of aromatic nitrogens is 4. The molecule has 2 aromatic rings. The topological polar surface area (TPSA) is 76.6 Å². The first kappa shape index (κ1) is 12.2. The normalized spacial score (nSPS) is 10.2. The summed E-state index contributed by atoms with van der Waals surface area (Å²) >= 11 is 0. The van der Waals surface area contributed by atoms with Gasteiger partial charge < -0.3 is 4.74 Å². The first-order valence-corrected chi connectivity index (χ1v) is 5.56. The smallest absolute Gasteiger partial charge is 0.153 e. The third kappa shape index (κ3) is 2.90.